The van der Waals surface area contributed by atoms with Crippen LogP contribution in [0.15, 0.2) is 60.9 Å². The number of benzene rings is 2. The molecule has 3 aliphatic rings. The smallest absolute Gasteiger partial charge is 0.407 e. The molecule has 314 valence electrons. The van der Waals surface area contributed by atoms with Crippen LogP contribution in [-0.4, -0.2) is 96.0 Å². The van der Waals surface area contributed by atoms with Gasteiger partial charge in [0.15, 0.2) is 0 Å². The minimum atomic E-state index is -2.79. The number of ether oxygens (including phenoxy) is 1. The van der Waals surface area contributed by atoms with Crippen molar-refractivity contribution in [2.75, 3.05) is 13.7 Å². The van der Waals surface area contributed by atoms with Crippen LogP contribution < -0.4 is 10.6 Å². The van der Waals surface area contributed by atoms with E-state index in [0.29, 0.717) is 36.7 Å². The number of nitrogens with one attached hydrogen (secondary N) is 4. The predicted octanol–water partition coefficient (Wildman–Crippen LogP) is 7.84. The van der Waals surface area contributed by atoms with E-state index in [1.807, 2.05) is 68.6 Å². The van der Waals surface area contributed by atoms with E-state index in [1.165, 1.54) is 7.11 Å². The van der Waals surface area contributed by atoms with Gasteiger partial charge in [-0.3, -0.25) is 9.59 Å². The van der Waals surface area contributed by atoms with Gasteiger partial charge < -0.3 is 40.2 Å². The number of nitrogens with zero attached hydrogens (tertiary/aromatic N) is 4. The summed E-state index contributed by atoms with van der Waals surface area (Å²) in [4.78, 5) is 70.8. The summed E-state index contributed by atoms with van der Waals surface area (Å²) in [6.07, 6.45) is 4.16. The number of alkyl carbamates (subject to hydrolysis) is 1. The van der Waals surface area contributed by atoms with E-state index in [0.717, 1.165) is 40.8 Å². The van der Waals surface area contributed by atoms with Crippen LogP contribution in [0.3, 0.4) is 0 Å². The molecule has 2 aromatic heterocycles. The van der Waals surface area contributed by atoms with Crippen molar-refractivity contribution in [1.29, 1.82) is 0 Å². The summed E-state index contributed by atoms with van der Waals surface area (Å²) in [7, 11) is 1.27. The number of hydrogen-bond acceptors (Lipinski definition) is 7. The van der Waals surface area contributed by atoms with Gasteiger partial charge in [-0.2, -0.15) is 0 Å². The number of H-pyrrole nitrogens is 2. The molecule has 16 heteroatoms. The molecule has 1 saturated carbocycles. The van der Waals surface area contributed by atoms with Gasteiger partial charge in [-0.05, 0) is 62.0 Å². The first-order valence-corrected chi connectivity index (χ1v) is 20.4. The highest BCUT2D eigenvalue weighted by atomic mass is 19.3. The zero-order valence-electron chi connectivity index (χ0n) is 33.8. The summed E-state index contributed by atoms with van der Waals surface area (Å²) in [6.45, 7) is 6.06. The third kappa shape index (κ3) is 8.53. The average molecular weight is 815 g/mol. The van der Waals surface area contributed by atoms with Gasteiger partial charge in [0.2, 0.25) is 17.7 Å². The summed E-state index contributed by atoms with van der Waals surface area (Å²) in [5, 5.41) is 14.4. The van der Waals surface area contributed by atoms with Crippen LogP contribution >= 0.6 is 0 Å². The molecule has 2 aliphatic heterocycles. The fraction of sp³-hybridized carbons (Fsp3) is 0.488. The largest absolute Gasteiger partial charge is 0.465 e. The Kier molecular flexibility index (Phi) is 11.8. The Balaban J connectivity index is 1.04. The minimum Gasteiger partial charge on any atom is -0.465 e. The van der Waals surface area contributed by atoms with Crippen molar-refractivity contribution in [2.24, 2.45) is 5.92 Å². The number of alkyl halides is 2. The summed E-state index contributed by atoms with van der Waals surface area (Å²) in [5.41, 5.74) is 4.36. The van der Waals surface area contributed by atoms with Crippen molar-refractivity contribution < 1.29 is 37.8 Å². The number of amides is 4. The monoisotopic (exact) mass is 814 g/mol. The molecule has 1 aliphatic carbocycles. The molecule has 0 radical (unpaired) electrons. The van der Waals surface area contributed by atoms with Crippen LogP contribution in [0.25, 0.3) is 33.6 Å². The Labute approximate surface area is 341 Å². The highest BCUT2D eigenvalue weighted by Gasteiger charge is 2.55. The van der Waals surface area contributed by atoms with Crippen LogP contribution in [0, 0.1) is 5.92 Å². The SMILES string of the molecule is CCC(NC(=O)O)C(=O)N1C(c2nc(-c3ccc(-c4ccc(-c5c[nH]c([C@@H]6CCCN6C(=O)[C@@H](NC(=O)OC)C(C)C)n5)cc4)cc3)c[nH]2)CCC12CCC(F)(F)CC2. The normalized spacial score (nSPS) is 20.7. The molecule has 59 heavy (non-hydrogen) atoms. The number of carboxylic acid groups (broad SMARTS) is 1. The molecule has 4 heterocycles. The molecular weight excluding hydrogens is 763 g/mol. The van der Waals surface area contributed by atoms with Gasteiger partial charge in [-0.15, -0.1) is 0 Å². The second kappa shape index (κ2) is 16.8. The third-order valence-electron chi connectivity index (χ3n) is 12.3. The Morgan fingerprint density at radius 2 is 1.36 bits per heavy atom. The lowest BCUT2D eigenvalue weighted by molar-refractivity contribution is -0.146. The van der Waals surface area contributed by atoms with Gasteiger partial charge in [0.05, 0.1) is 30.6 Å². The first-order valence-electron chi connectivity index (χ1n) is 20.4. The van der Waals surface area contributed by atoms with Crippen molar-refractivity contribution in [3.05, 3.63) is 72.6 Å². The molecule has 4 amide bonds. The molecule has 1 spiro atoms. The molecule has 7 rings (SSSR count). The number of rotatable bonds is 11. The van der Waals surface area contributed by atoms with E-state index in [1.54, 1.807) is 22.9 Å². The topological polar surface area (TPSA) is 186 Å². The fourth-order valence-electron chi connectivity index (χ4n) is 9.03. The number of hydrogen-bond donors (Lipinski definition) is 5. The van der Waals surface area contributed by atoms with Gasteiger partial charge in [0.25, 0.3) is 0 Å². The van der Waals surface area contributed by atoms with Gasteiger partial charge >= 0.3 is 12.2 Å². The molecular formula is C43H52F2N8O6. The quantitative estimate of drug-likeness (QED) is 0.101. The first-order chi connectivity index (χ1) is 28.2. The second-order valence-corrected chi connectivity index (χ2v) is 16.3. The molecule has 3 fully saturated rings. The molecule has 5 N–H and O–H groups in total. The maximum absolute atomic E-state index is 14.3. The minimum absolute atomic E-state index is 0.127. The fourth-order valence-corrected chi connectivity index (χ4v) is 9.03. The number of likely N-dealkylation sites (tertiary alicyclic amines) is 2. The van der Waals surface area contributed by atoms with Crippen molar-refractivity contribution in [3.63, 3.8) is 0 Å². The van der Waals surface area contributed by atoms with E-state index in [-0.39, 0.29) is 50.0 Å². The zero-order valence-corrected chi connectivity index (χ0v) is 33.8. The molecule has 14 nitrogen and oxygen atoms in total. The average Bonchev–Trinajstić information content (AvgIpc) is 4.06. The Morgan fingerprint density at radius 3 is 1.86 bits per heavy atom. The Bertz CT molecular complexity index is 2140. The number of halogens is 2. The van der Waals surface area contributed by atoms with Crippen LogP contribution in [-0.2, 0) is 14.3 Å². The maximum Gasteiger partial charge on any atom is 0.407 e. The summed E-state index contributed by atoms with van der Waals surface area (Å²) in [5.74, 6) is -2.26. The standard InChI is InChI=1S/C43H52F2N8O6/c1-5-30(50-40(56)57)38(54)53-34(16-17-42(53)18-20-43(44,45)21-19-42)37-47-24-32(49-37)29-14-10-27(11-15-29)26-8-12-28(13-9-26)31-23-46-36(48-31)33-7-6-22-52(33)39(55)35(25(2)3)51-41(58)59-4/h8-15,23-25,30,33-35,50H,5-7,16-22H2,1-4H3,(H,46,48)(H,47,49)(H,51,58)(H,56,57)/t30?,33-,34?,35-/m0/s1. The molecule has 4 atom stereocenters. The number of aromatic amines is 2. The zero-order chi connectivity index (χ0) is 42.1. The second-order valence-electron chi connectivity index (χ2n) is 16.3. The molecule has 2 saturated heterocycles. The highest BCUT2D eigenvalue weighted by molar-refractivity contribution is 5.87. The lowest BCUT2D eigenvalue weighted by atomic mass is 9.78. The van der Waals surface area contributed by atoms with Crippen LogP contribution in [0.1, 0.15) is 102 Å². The summed E-state index contributed by atoms with van der Waals surface area (Å²) < 4.78 is 33.4. The highest BCUT2D eigenvalue weighted by Crippen LogP contribution is 2.52. The van der Waals surface area contributed by atoms with Gasteiger partial charge in [-0.1, -0.05) is 69.3 Å². The number of methoxy groups -OCH3 is 1. The van der Waals surface area contributed by atoms with Crippen LogP contribution in [0.5, 0.6) is 0 Å². The van der Waals surface area contributed by atoms with Crippen molar-refractivity contribution in [2.45, 2.75) is 114 Å². The number of imidazole rings is 2. The number of carbonyl (C=O) groups excluding carboxylic acids is 3. The molecule has 4 aromatic rings. The van der Waals surface area contributed by atoms with Gasteiger partial charge in [-0.25, -0.2) is 28.3 Å². The van der Waals surface area contributed by atoms with Crippen molar-refractivity contribution >= 4 is 24.0 Å². The third-order valence-corrected chi connectivity index (χ3v) is 12.3. The Hall–Kier alpha value is -5.80. The maximum atomic E-state index is 14.3. The first kappa shape index (κ1) is 41.4. The molecule has 2 unspecified atom stereocenters. The lowest BCUT2D eigenvalue weighted by Gasteiger charge is -2.46. The predicted molar refractivity (Wildman–Crippen MR) is 215 cm³/mol. The summed E-state index contributed by atoms with van der Waals surface area (Å²) in [6, 6.07) is 13.5. The Morgan fingerprint density at radius 1 is 0.814 bits per heavy atom. The van der Waals surface area contributed by atoms with Crippen LogP contribution in [0.4, 0.5) is 18.4 Å². The lowest BCUT2D eigenvalue weighted by Crippen LogP contribution is -2.57. The van der Waals surface area contributed by atoms with Crippen LogP contribution in [0.2, 0.25) is 0 Å². The number of carbonyl (C=O) groups is 4. The van der Waals surface area contributed by atoms with Crippen molar-refractivity contribution in [1.82, 2.24) is 40.4 Å². The van der Waals surface area contributed by atoms with E-state index in [2.05, 4.69) is 20.6 Å². The van der Waals surface area contributed by atoms with E-state index < -0.39 is 47.7 Å². The van der Waals surface area contributed by atoms with Gasteiger partial charge in [0.1, 0.15) is 23.7 Å². The summed E-state index contributed by atoms with van der Waals surface area (Å²) >= 11 is 0. The van der Waals surface area contributed by atoms with Crippen molar-refractivity contribution in [3.8, 4) is 33.6 Å². The van der Waals surface area contributed by atoms with Gasteiger partial charge in [0, 0.05) is 48.4 Å². The number of aromatic nitrogens is 4. The molecule has 0 bridgehead atoms. The van der Waals surface area contributed by atoms with E-state index in [4.69, 9.17) is 14.7 Å². The molecule has 2 aromatic carbocycles. The van der Waals surface area contributed by atoms with E-state index in [9.17, 15) is 33.1 Å². The van der Waals surface area contributed by atoms with E-state index >= 15 is 0 Å².